The van der Waals surface area contributed by atoms with E-state index in [4.69, 9.17) is 10.2 Å². The molecule has 1 aliphatic heterocycles. The molecule has 1 fully saturated rings. The molecule has 0 aromatic heterocycles. The first-order valence-electron chi connectivity index (χ1n) is 4.83. The molecule has 18 heavy (non-hydrogen) atoms. The van der Waals surface area contributed by atoms with E-state index in [1.165, 1.54) is 0 Å². The number of aliphatic hydroxyl groups excluding tert-OH is 2. The van der Waals surface area contributed by atoms with E-state index >= 15 is 0 Å². The van der Waals surface area contributed by atoms with Crippen molar-refractivity contribution < 1.29 is 37.8 Å². The van der Waals surface area contributed by atoms with Gasteiger partial charge in [0.1, 0.15) is 0 Å². The Morgan fingerprint density at radius 2 is 2.11 bits per heavy atom. The van der Waals surface area contributed by atoms with Crippen LogP contribution in [0.2, 0.25) is 0 Å². The molecule has 1 rings (SSSR count). The Labute approximate surface area is 99.2 Å². The number of rotatable bonds is 5. The molecule has 0 aliphatic carbocycles. The number of nitrogens with one attached hydrogen (secondary N) is 1. The number of nitrogens with zero attached hydrogens (tertiary/aromatic N) is 1. The highest BCUT2D eigenvalue weighted by Gasteiger charge is 2.43. The summed E-state index contributed by atoms with van der Waals surface area (Å²) in [6.45, 7) is 0.0175. The van der Waals surface area contributed by atoms with E-state index in [-0.39, 0.29) is 0 Å². The number of hydrogen-bond donors (Lipinski definition) is 3. The van der Waals surface area contributed by atoms with Crippen LogP contribution in [-0.4, -0.2) is 60.2 Å². The van der Waals surface area contributed by atoms with Gasteiger partial charge >= 0.3 is 12.1 Å². The number of aliphatic hydroxyl groups is 2. The van der Waals surface area contributed by atoms with E-state index in [1.807, 2.05) is 0 Å². The van der Waals surface area contributed by atoms with Crippen molar-refractivity contribution in [3.8, 4) is 0 Å². The molecule has 0 aromatic carbocycles. The first kappa shape index (κ1) is 14.7. The number of esters is 1. The quantitative estimate of drug-likeness (QED) is 0.328. The Morgan fingerprint density at radius 1 is 1.50 bits per heavy atom. The van der Waals surface area contributed by atoms with Crippen LogP contribution in [0.3, 0.4) is 0 Å². The fourth-order valence-corrected chi connectivity index (χ4v) is 0.872. The fraction of sp³-hybridized carbons (Fsp3) is 0.750. The van der Waals surface area contributed by atoms with Crippen LogP contribution < -0.4 is 5.32 Å². The average Bonchev–Trinajstić information content (AvgIpc) is 2.20. The minimum Gasteiger partial charge on any atom is -0.425 e. The lowest BCUT2D eigenvalue weighted by Gasteiger charge is -2.22. The Kier molecular flexibility index (Phi) is 4.87. The topological polar surface area (TPSA) is 100 Å². The van der Waals surface area contributed by atoms with Gasteiger partial charge in [-0.25, -0.2) is 4.79 Å². The summed E-state index contributed by atoms with van der Waals surface area (Å²) in [5, 5.41) is 24.2. The van der Waals surface area contributed by atoms with Crippen molar-refractivity contribution in [2.24, 2.45) is 5.16 Å². The molecule has 10 heteroatoms. The molecule has 1 aliphatic rings. The molecule has 0 saturated carbocycles. The zero-order chi connectivity index (χ0) is 13.8. The highest BCUT2D eigenvalue weighted by Crippen LogP contribution is 2.18. The van der Waals surface area contributed by atoms with Gasteiger partial charge < -0.3 is 25.1 Å². The summed E-state index contributed by atoms with van der Waals surface area (Å²) in [6, 6.07) is 0. The third-order valence-corrected chi connectivity index (χ3v) is 1.93. The fourth-order valence-electron chi connectivity index (χ4n) is 0.872. The van der Waals surface area contributed by atoms with Gasteiger partial charge in [0.15, 0.2) is 0 Å². The third-order valence-electron chi connectivity index (χ3n) is 1.93. The second-order valence-corrected chi connectivity index (χ2v) is 3.38. The van der Waals surface area contributed by atoms with Crippen molar-refractivity contribution in [1.82, 2.24) is 5.32 Å². The third kappa shape index (κ3) is 4.13. The Morgan fingerprint density at radius 3 is 2.50 bits per heavy atom. The van der Waals surface area contributed by atoms with Gasteiger partial charge in [-0.05, 0) is 0 Å². The largest absolute Gasteiger partial charge is 0.491 e. The molecule has 2 unspecified atom stereocenters. The Balaban J connectivity index is 2.46. The van der Waals surface area contributed by atoms with Gasteiger partial charge in [-0.15, -0.1) is 0 Å². The Bertz CT molecular complexity index is 327. The van der Waals surface area contributed by atoms with Crippen LogP contribution in [0.1, 0.15) is 0 Å². The van der Waals surface area contributed by atoms with Gasteiger partial charge in [0, 0.05) is 13.1 Å². The SMILES string of the molecule is O=C(OC(O)C(CO)ON=C1CNC1)C(F)(F)F. The van der Waals surface area contributed by atoms with Crippen LogP contribution in [-0.2, 0) is 14.4 Å². The van der Waals surface area contributed by atoms with Crippen molar-refractivity contribution in [3.63, 3.8) is 0 Å². The number of ether oxygens (including phenoxy) is 1. The van der Waals surface area contributed by atoms with E-state index in [2.05, 4.69) is 20.0 Å². The Hall–Kier alpha value is -1.39. The van der Waals surface area contributed by atoms with E-state index in [0.717, 1.165) is 0 Å². The zero-order valence-electron chi connectivity index (χ0n) is 8.98. The van der Waals surface area contributed by atoms with Gasteiger partial charge in [0.25, 0.3) is 0 Å². The van der Waals surface area contributed by atoms with E-state index in [1.54, 1.807) is 0 Å². The summed E-state index contributed by atoms with van der Waals surface area (Å²) in [7, 11) is 0. The standard InChI is InChI=1S/C8H11F3N2O5/c9-8(10,11)7(16)17-6(15)5(3-14)18-13-4-1-12-2-4/h5-6,12,14-15H,1-3H2. The lowest BCUT2D eigenvalue weighted by atomic mass is 10.2. The van der Waals surface area contributed by atoms with Crippen molar-refractivity contribution in [3.05, 3.63) is 0 Å². The highest BCUT2D eigenvalue weighted by molar-refractivity contribution is 5.92. The maximum Gasteiger partial charge on any atom is 0.491 e. The van der Waals surface area contributed by atoms with Crippen molar-refractivity contribution >= 4 is 11.7 Å². The summed E-state index contributed by atoms with van der Waals surface area (Å²) in [5.41, 5.74) is 0.558. The van der Waals surface area contributed by atoms with Gasteiger partial charge in [0.2, 0.25) is 12.4 Å². The maximum absolute atomic E-state index is 11.8. The number of carbonyl (C=O) groups is 1. The van der Waals surface area contributed by atoms with Crippen LogP contribution in [0.5, 0.6) is 0 Å². The number of alkyl halides is 3. The molecule has 1 saturated heterocycles. The number of oxime groups is 1. The van der Waals surface area contributed by atoms with Gasteiger partial charge in [-0.2, -0.15) is 13.2 Å². The number of halogens is 3. The van der Waals surface area contributed by atoms with E-state index in [0.29, 0.717) is 18.8 Å². The minimum atomic E-state index is -5.23. The molecular weight excluding hydrogens is 261 g/mol. The maximum atomic E-state index is 11.8. The highest BCUT2D eigenvalue weighted by atomic mass is 19.4. The molecule has 0 radical (unpaired) electrons. The summed E-state index contributed by atoms with van der Waals surface area (Å²) < 4.78 is 39.2. The molecule has 2 atom stereocenters. The summed E-state index contributed by atoms with van der Waals surface area (Å²) >= 11 is 0. The molecule has 0 spiro atoms. The van der Waals surface area contributed by atoms with Crippen molar-refractivity contribution in [1.29, 1.82) is 0 Å². The molecule has 0 amide bonds. The molecular formula is C8H11F3N2O5. The van der Waals surface area contributed by atoms with E-state index < -0.39 is 31.1 Å². The normalized spacial score (nSPS) is 18.6. The second-order valence-electron chi connectivity index (χ2n) is 3.38. The molecule has 0 aromatic rings. The summed E-state index contributed by atoms with van der Waals surface area (Å²) in [5.74, 6) is -2.57. The first-order valence-corrected chi connectivity index (χ1v) is 4.83. The molecule has 0 bridgehead atoms. The molecule has 1 heterocycles. The first-order chi connectivity index (χ1) is 8.34. The second kappa shape index (κ2) is 5.98. The number of carbonyl (C=O) groups excluding carboxylic acids is 1. The van der Waals surface area contributed by atoms with Crippen LogP contribution >= 0.6 is 0 Å². The molecule has 104 valence electrons. The lowest BCUT2D eigenvalue weighted by Crippen LogP contribution is -2.44. The van der Waals surface area contributed by atoms with Gasteiger partial charge in [-0.3, -0.25) is 0 Å². The van der Waals surface area contributed by atoms with Crippen LogP contribution in [0.4, 0.5) is 13.2 Å². The lowest BCUT2D eigenvalue weighted by molar-refractivity contribution is -0.237. The van der Waals surface area contributed by atoms with Crippen LogP contribution in [0, 0.1) is 0 Å². The zero-order valence-corrected chi connectivity index (χ0v) is 8.98. The molecule has 3 N–H and O–H groups in total. The van der Waals surface area contributed by atoms with Crippen molar-refractivity contribution in [2.75, 3.05) is 19.7 Å². The van der Waals surface area contributed by atoms with Crippen LogP contribution in [0.15, 0.2) is 5.16 Å². The van der Waals surface area contributed by atoms with Gasteiger partial charge in [0.05, 0.1) is 12.3 Å². The summed E-state index contributed by atoms with van der Waals surface area (Å²) in [6.07, 6.45) is -9.07. The minimum absolute atomic E-state index is 0.441. The van der Waals surface area contributed by atoms with Crippen molar-refractivity contribution in [2.45, 2.75) is 18.6 Å². The van der Waals surface area contributed by atoms with Gasteiger partial charge in [-0.1, -0.05) is 5.16 Å². The summed E-state index contributed by atoms with van der Waals surface area (Å²) in [4.78, 5) is 15.0. The number of hydrogen-bond acceptors (Lipinski definition) is 7. The monoisotopic (exact) mass is 272 g/mol. The average molecular weight is 272 g/mol. The predicted molar refractivity (Wildman–Crippen MR) is 50.4 cm³/mol. The molecule has 7 nitrogen and oxygen atoms in total. The van der Waals surface area contributed by atoms with E-state index in [9.17, 15) is 18.0 Å². The van der Waals surface area contributed by atoms with Crippen LogP contribution in [0.25, 0.3) is 0 Å². The smallest absolute Gasteiger partial charge is 0.425 e. The predicted octanol–water partition coefficient (Wildman–Crippen LogP) is -1.25.